The third kappa shape index (κ3) is 3.70. The molecule has 3 aromatic heterocycles. The van der Waals surface area contributed by atoms with Crippen LogP contribution in [0.5, 0.6) is 5.88 Å². The Kier molecular flexibility index (Phi) is 5.16. The summed E-state index contributed by atoms with van der Waals surface area (Å²) in [5.41, 5.74) is 15.3. The van der Waals surface area contributed by atoms with Gasteiger partial charge in [0.05, 0.1) is 30.5 Å². The number of rotatable bonds is 1. The Bertz CT molecular complexity index is 1400. The number of halogens is 1. The molecule has 0 spiro atoms. The number of aromatic nitrogens is 4. The first-order valence-corrected chi connectivity index (χ1v) is 10.7. The average Bonchev–Trinajstić information content (AvgIpc) is 3.23. The predicted molar refractivity (Wildman–Crippen MR) is 126 cm³/mol. The van der Waals surface area contributed by atoms with Gasteiger partial charge in [-0.1, -0.05) is 12.1 Å². The van der Waals surface area contributed by atoms with Crippen LogP contribution in [0, 0.1) is 5.82 Å². The van der Waals surface area contributed by atoms with Crippen molar-refractivity contribution in [3.63, 3.8) is 0 Å². The molecule has 2 bridgehead atoms. The fourth-order valence-electron chi connectivity index (χ4n) is 3.91. The summed E-state index contributed by atoms with van der Waals surface area (Å²) >= 11 is 0. The topological polar surface area (TPSA) is 145 Å². The van der Waals surface area contributed by atoms with Gasteiger partial charge in [0, 0.05) is 11.3 Å². The van der Waals surface area contributed by atoms with Crippen molar-refractivity contribution in [2.75, 3.05) is 23.3 Å². The summed E-state index contributed by atoms with van der Waals surface area (Å²) in [6, 6.07) is 8.02. The average molecular weight is 462 g/mol. The van der Waals surface area contributed by atoms with E-state index in [0.29, 0.717) is 22.6 Å². The first kappa shape index (κ1) is 21.4. The largest absolute Gasteiger partial charge is 0.473 e. The zero-order valence-corrected chi connectivity index (χ0v) is 18.5. The van der Waals surface area contributed by atoms with Gasteiger partial charge in [-0.05, 0) is 37.6 Å². The number of ether oxygens (including phenoxy) is 1. The van der Waals surface area contributed by atoms with Gasteiger partial charge >= 0.3 is 0 Å². The maximum absolute atomic E-state index is 14.1. The van der Waals surface area contributed by atoms with Gasteiger partial charge in [0.1, 0.15) is 29.1 Å². The van der Waals surface area contributed by atoms with E-state index in [1.165, 1.54) is 16.8 Å². The molecule has 0 aliphatic carbocycles. The van der Waals surface area contributed by atoms with Gasteiger partial charge in [-0.2, -0.15) is 9.61 Å². The van der Waals surface area contributed by atoms with Crippen LogP contribution >= 0.6 is 0 Å². The predicted octanol–water partition coefficient (Wildman–Crippen LogP) is 2.78. The van der Waals surface area contributed by atoms with Gasteiger partial charge in [-0.15, -0.1) is 0 Å². The molecule has 0 saturated heterocycles. The number of pyridine rings is 1. The second-order valence-electron chi connectivity index (χ2n) is 8.19. The molecule has 0 saturated carbocycles. The van der Waals surface area contributed by atoms with Gasteiger partial charge in [0.25, 0.3) is 5.91 Å². The quantitative estimate of drug-likeness (QED) is 0.316. The molecule has 6 N–H and O–H groups in total. The molecule has 34 heavy (non-hydrogen) atoms. The van der Waals surface area contributed by atoms with Crippen molar-refractivity contribution < 1.29 is 13.9 Å². The summed E-state index contributed by atoms with van der Waals surface area (Å²) < 4.78 is 21.5. The van der Waals surface area contributed by atoms with Crippen molar-refractivity contribution in [2.24, 2.45) is 0 Å². The third-order valence-corrected chi connectivity index (χ3v) is 5.65. The summed E-state index contributed by atoms with van der Waals surface area (Å²) in [7, 11) is 0. The smallest absolute Gasteiger partial charge is 0.256 e. The Morgan fingerprint density at radius 3 is 2.71 bits per heavy atom. The second kappa shape index (κ2) is 8.18. The highest BCUT2D eigenvalue weighted by atomic mass is 19.1. The zero-order chi connectivity index (χ0) is 24.0. The van der Waals surface area contributed by atoms with Gasteiger partial charge in [-0.3, -0.25) is 4.79 Å². The first-order chi connectivity index (χ1) is 16.3. The van der Waals surface area contributed by atoms with Crippen molar-refractivity contribution in [3.05, 3.63) is 59.7 Å². The molecule has 174 valence electrons. The molecular formula is C23H23FN8O2. The summed E-state index contributed by atoms with van der Waals surface area (Å²) in [4.78, 5) is 21.7. The van der Waals surface area contributed by atoms with E-state index in [1.807, 2.05) is 19.1 Å². The molecule has 0 radical (unpaired) electrons. The Labute approximate surface area is 194 Å². The van der Waals surface area contributed by atoms with Crippen LogP contribution in [-0.2, 0) is 0 Å². The molecule has 1 amide bonds. The van der Waals surface area contributed by atoms with Crippen LogP contribution in [0.2, 0.25) is 0 Å². The number of amides is 1. The van der Waals surface area contributed by atoms with E-state index in [9.17, 15) is 9.18 Å². The Hall–Kier alpha value is -4.41. The van der Waals surface area contributed by atoms with Gasteiger partial charge in [0.15, 0.2) is 5.65 Å². The number of nitrogens with zero attached hydrogens (tertiary/aromatic N) is 4. The lowest BCUT2D eigenvalue weighted by molar-refractivity contribution is 0.0932. The van der Waals surface area contributed by atoms with Crippen LogP contribution in [0.15, 0.2) is 42.7 Å². The van der Waals surface area contributed by atoms with Crippen molar-refractivity contribution >= 4 is 28.9 Å². The van der Waals surface area contributed by atoms with E-state index in [-0.39, 0.29) is 35.4 Å². The number of carbonyl (C=O) groups is 1. The minimum Gasteiger partial charge on any atom is -0.473 e. The number of nitrogen functional groups attached to an aromatic ring is 2. The fraction of sp³-hybridized carbons (Fsp3) is 0.217. The van der Waals surface area contributed by atoms with Crippen molar-refractivity contribution in [2.45, 2.75) is 26.0 Å². The van der Waals surface area contributed by atoms with Gasteiger partial charge < -0.3 is 26.8 Å². The highest BCUT2D eigenvalue weighted by Crippen LogP contribution is 2.37. The van der Waals surface area contributed by atoms with Gasteiger partial charge in [-0.25, -0.2) is 14.4 Å². The number of hydrogen-bond donors (Lipinski definition) is 4. The summed E-state index contributed by atoms with van der Waals surface area (Å²) in [6.45, 7) is 3.82. The normalized spacial score (nSPS) is 18.1. The van der Waals surface area contributed by atoms with E-state index < -0.39 is 18.0 Å². The van der Waals surface area contributed by atoms with Crippen molar-refractivity contribution in [1.82, 2.24) is 24.9 Å². The molecule has 1 aliphatic rings. The standard InChI is InChI=1S/C23H23FN8O2/c1-11-8-27-22(33)17-10-29-32-19(26)18(13-3-5-15(25)6-4-13)20(31-21(17)32)30-12(2)16-7-14(24)9-28-23(16)34-11/h3-7,9-12H,8,25-26H2,1-2H3,(H,27,33)(H,30,31)/t11-,12+/m0/s1. The highest BCUT2D eigenvalue weighted by Gasteiger charge is 2.25. The minimum atomic E-state index is -0.499. The van der Waals surface area contributed by atoms with Crippen LogP contribution in [0.1, 0.15) is 35.8 Å². The molecule has 0 unspecified atom stereocenters. The number of anilines is 3. The van der Waals surface area contributed by atoms with Crippen LogP contribution in [-0.4, -0.2) is 38.1 Å². The summed E-state index contributed by atoms with van der Waals surface area (Å²) in [5, 5.41) is 10.4. The molecule has 4 aromatic rings. The van der Waals surface area contributed by atoms with Crippen LogP contribution in [0.4, 0.5) is 21.7 Å². The maximum Gasteiger partial charge on any atom is 0.256 e. The highest BCUT2D eigenvalue weighted by molar-refractivity contribution is 6.01. The Morgan fingerprint density at radius 2 is 1.94 bits per heavy atom. The molecule has 1 aromatic carbocycles. The summed E-state index contributed by atoms with van der Waals surface area (Å²) in [5.74, 6) is 0.0533. The van der Waals surface area contributed by atoms with E-state index in [1.54, 1.807) is 19.1 Å². The number of carbonyl (C=O) groups excluding carboxylic acids is 1. The SMILES string of the molecule is C[C@H]1CNC(=O)c2cnn3c(N)c(-c4ccc(N)cc4)c(nc23)N[C@H](C)c2cc(F)cnc2O1. The van der Waals surface area contributed by atoms with Crippen molar-refractivity contribution in [3.8, 4) is 17.0 Å². The van der Waals surface area contributed by atoms with Crippen LogP contribution in [0.25, 0.3) is 16.8 Å². The van der Waals surface area contributed by atoms with E-state index in [2.05, 4.69) is 20.7 Å². The number of nitrogens with two attached hydrogens (primary N) is 2. The molecule has 1 aliphatic heterocycles. The number of fused-ring (bicyclic) bond motifs is 2. The van der Waals surface area contributed by atoms with E-state index in [0.717, 1.165) is 11.8 Å². The molecule has 2 atom stereocenters. The minimum absolute atomic E-state index is 0.197. The molecule has 5 rings (SSSR count). The second-order valence-corrected chi connectivity index (χ2v) is 8.19. The lowest BCUT2D eigenvalue weighted by atomic mass is 10.0. The van der Waals surface area contributed by atoms with Crippen LogP contribution < -0.4 is 26.8 Å². The molecular weight excluding hydrogens is 439 g/mol. The van der Waals surface area contributed by atoms with Crippen molar-refractivity contribution in [1.29, 1.82) is 0 Å². The van der Waals surface area contributed by atoms with E-state index in [4.69, 9.17) is 21.2 Å². The van der Waals surface area contributed by atoms with E-state index >= 15 is 0 Å². The zero-order valence-electron chi connectivity index (χ0n) is 18.5. The molecule has 10 nitrogen and oxygen atoms in total. The molecule has 11 heteroatoms. The third-order valence-electron chi connectivity index (χ3n) is 5.65. The molecule has 0 fully saturated rings. The van der Waals surface area contributed by atoms with Crippen LogP contribution in [0.3, 0.4) is 0 Å². The number of nitrogens with one attached hydrogen (secondary N) is 2. The lowest BCUT2D eigenvalue weighted by Gasteiger charge is -2.22. The maximum atomic E-state index is 14.1. The first-order valence-electron chi connectivity index (χ1n) is 10.7. The lowest BCUT2D eigenvalue weighted by Crippen LogP contribution is -2.34. The number of benzene rings is 1. The number of hydrogen-bond acceptors (Lipinski definition) is 8. The fourth-order valence-corrected chi connectivity index (χ4v) is 3.91. The molecule has 4 heterocycles. The summed E-state index contributed by atoms with van der Waals surface area (Å²) in [6.07, 6.45) is 2.09. The monoisotopic (exact) mass is 462 g/mol. The Balaban J connectivity index is 1.74. The Morgan fingerprint density at radius 1 is 1.18 bits per heavy atom. The van der Waals surface area contributed by atoms with Gasteiger partial charge in [0.2, 0.25) is 5.88 Å².